The third-order valence-corrected chi connectivity index (χ3v) is 3.30. The van der Waals surface area contributed by atoms with Crippen LogP contribution in [0.2, 0.25) is 0 Å². The van der Waals surface area contributed by atoms with Crippen molar-refractivity contribution < 1.29 is 0 Å². The summed E-state index contributed by atoms with van der Waals surface area (Å²) < 4.78 is 0. The number of rotatable bonds is 3. The van der Waals surface area contributed by atoms with Crippen molar-refractivity contribution in [2.45, 2.75) is 0 Å². The van der Waals surface area contributed by atoms with E-state index in [0.717, 1.165) is 10.7 Å². The number of hydrogen-bond acceptors (Lipinski definition) is 4. The lowest BCUT2D eigenvalue weighted by molar-refractivity contribution is 1.29. The lowest BCUT2D eigenvalue weighted by Crippen LogP contribution is -1.90. The lowest BCUT2D eigenvalue weighted by Gasteiger charge is -2.01. The summed E-state index contributed by atoms with van der Waals surface area (Å²) in [5.74, 6) is 0. The summed E-state index contributed by atoms with van der Waals surface area (Å²) in [6.45, 7) is 0. The summed E-state index contributed by atoms with van der Waals surface area (Å²) in [4.78, 5) is 4.10. The van der Waals surface area contributed by atoms with E-state index in [9.17, 15) is 0 Å². The molecule has 0 radical (unpaired) electrons. The van der Waals surface area contributed by atoms with Crippen LogP contribution < -0.4 is 5.43 Å². The van der Waals surface area contributed by atoms with Crippen LogP contribution in [0.1, 0.15) is 5.56 Å². The zero-order chi connectivity index (χ0) is 12.2. The fourth-order valence-electron chi connectivity index (χ4n) is 1.80. The maximum Gasteiger partial charge on any atom is 0.203 e. The third kappa shape index (κ3) is 2.24. The van der Waals surface area contributed by atoms with E-state index in [2.05, 4.69) is 39.8 Å². The average molecular weight is 253 g/mol. The minimum absolute atomic E-state index is 0.798. The Balaban J connectivity index is 1.88. The average Bonchev–Trinajstić information content (AvgIpc) is 2.92. The van der Waals surface area contributed by atoms with Crippen LogP contribution in [0.15, 0.2) is 59.1 Å². The fourth-order valence-corrected chi connectivity index (χ4v) is 2.28. The molecule has 88 valence electrons. The molecule has 0 amide bonds. The van der Waals surface area contributed by atoms with Crippen molar-refractivity contribution in [1.82, 2.24) is 4.98 Å². The molecule has 0 aliphatic carbocycles. The topological polar surface area (TPSA) is 37.3 Å². The molecule has 3 rings (SSSR count). The number of hydrazone groups is 1. The van der Waals surface area contributed by atoms with Crippen LogP contribution in [0.3, 0.4) is 0 Å². The van der Waals surface area contributed by atoms with Crippen LogP contribution in [0.4, 0.5) is 5.13 Å². The van der Waals surface area contributed by atoms with Gasteiger partial charge < -0.3 is 0 Å². The Labute approximate surface area is 109 Å². The SMILES string of the molecule is C(=N/Nc1nccs1)/c1cccc2ccccc12. The van der Waals surface area contributed by atoms with Crippen LogP contribution in [-0.4, -0.2) is 11.2 Å². The lowest BCUT2D eigenvalue weighted by atomic mass is 10.1. The summed E-state index contributed by atoms with van der Waals surface area (Å²) in [6, 6.07) is 14.5. The van der Waals surface area contributed by atoms with Gasteiger partial charge in [0, 0.05) is 17.1 Å². The van der Waals surface area contributed by atoms with E-state index >= 15 is 0 Å². The first-order valence-electron chi connectivity index (χ1n) is 5.60. The molecule has 1 aromatic heterocycles. The Morgan fingerprint density at radius 2 is 2.00 bits per heavy atom. The van der Waals surface area contributed by atoms with Gasteiger partial charge in [0.15, 0.2) is 0 Å². The van der Waals surface area contributed by atoms with Crippen molar-refractivity contribution in [1.29, 1.82) is 0 Å². The Morgan fingerprint density at radius 3 is 2.89 bits per heavy atom. The van der Waals surface area contributed by atoms with Gasteiger partial charge in [-0.3, -0.25) is 5.43 Å². The van der Waals surface area contributed by atoms with Crippen molar-refractivity contribution in [2.75, 3.05) is 5.43 Å². The molecular weight excluding hydrogens is 242 g/mol. The summed E-state index contributed by atoms with van der Waals surface area (Å²) in [5, 5.41) is 9.33. The molecule has 0 unspecified atom stereocenters. The molecule has 3 aromatic rings. The van der Waals surface area contributed by atoms with Crippen LogP contribution in [0.25, 0.3) is 10.8 Å². The summed E-state index contributed by atoms with van der Waals surface area (Å²) in [6.07, 6.45) is 3.57. The minimum atomic E-state index is 0.798. The molecule has 2 aromatic carbocycles. The van der Waals surface area contributed by atoms with E-state index in [1.807, 2.05) is 29.8 Å². The minimum Gasteiger partial charge on any atom is -0.253 e. The van der Waals surface area contributed by atoms with Gasteiger partial charge in [-0.15, -0.1) is 11.3 Å². The van der Waals surface area contributed by atoms with Gasteiger partial charge >= 0.3 is 0 Å². The zero-order valence-electron chi connectivity index (χ0n) is 9.58. The molecule has 1 N–H and O–H groups in total. The van der Waals surface area contributed by atoms with E-state index < -0.39 is 0 Å². The molecule has 0 aliphatic rings. The van der Waals surface area contributed by atoms with Crippen molar-refractivity contribution in [3.05, 3.63) is 59.6 Å². The largest absolute Gasteiger partial charge is 0.253 e. The van der Waals surface area contributed by atoms with Gasteiger partial charge in [-0.25, -0.2) is 4.98 Å². The molecule has 0 atom stereocenters. The molecular formula is C14H11N3S. The van der Waals surface area contributed by atoms with Crippen LogP contribution >= 0.6 is 11.3 Å². The number of aromatic nitrogens is 1. The highest BCUT2D eigenvalue weighted by Gasteiger charge is 1.97. The predicted octanol–water partition coefficient (Wildman–Crippen LogP) is 3.74. The summed E-state index contributed by atoms with van der Waals surface area (Å²) in [7, 11) is 0. The molecule has 0 aliphatic heterocycles. The first kappa shape index (κ1) is 10.9. The molecule has 0 spiro atoms. The first-order chi connectivity index (χ1) is 8.93. The number of nitrogens with one attached hydrogen (secondary N) is 1. The second-order valence-electron chi connectivity index (χ2n) is 3.78. The highest BCUT2D eigenvalue weighted by molar-refractivity contribution is 7.13. The van der Waals surface area contributed by atoms with E-state index in [-0.39, 0.29) is 0 Å². The molecule has 18 heavy (non-hydrogen) atoms. The van der Waals surface area contributed by atoms with Crippen LogP contribution in [0.5, 0.6) is 0 Å². The van der Waals surface area contributed by atoms with Gasteiger partial charge in [-0.1, -0.05) is 42.5 Å². The highest BCUT2D eigenvalue weighted by atomic mass is 32.1. The Bertz CT molecular complexity index is 669. The number of fused-ring (bicyclic) bond motifs is 1. The second kappa shape index (κ2) is 4.98. The quantitative estimate of drug-likeness (QED) is 0.570. The molecule has 1 heterocycles. The molecule has 3 nitrogen and oxygen atoms in total. The molecule has 0 fully saturated rings. The molecule has 0 saturated heterocycles. The Hall–Kier alpha value is -2.20. The van der Waals surface area contributed by atoms with E-state index in [1.54, 1.807) is 6.20 Å². The van der Waals surface area contributed by atoms with Crippen molar-refractivity contribution in [2.24, 2.45) is 5.10 Å². The van der Waals surface area contributed by atoms with Gasteiger partial charge in [0.1, 0.15) is 0 Å². The standard InChI is InChI=1S/C14H11N3S/c1-2-7-13-11(4-1)5-3-6-12(13)10-16-17-14-15-8-9-18-14/h1-10H,(H,15,17)/b16-10-. The number of nitrogens with zero attached hydrogens (tertiary/aromatic N) is 2. The van der Waals surface area contributed by atoms with Crippen LogP contribution in [-0.2, 0) is 0 Å². The smallest absolute Gasteiger partial charge is 0.203 e. The number of benzene rings is 2. The normalized spacial score (nSPS) is 11.1. The first-order valence-corrected chi connectivity index (χ1v) is 6.48. The predicted molar refractivity (Wildman–Crippen MR) is 77.3 cm³/mol. The monoisotopic (exact) mass is 253 g/mol. The number of hydrogen-bond donors (Lipinski definition) is 1. The highest BCUT2D eigenvalue weighted by Crippen LogP contribution is 2.17. The Morgan fingerprint density at radius 1 is 1.11 bits per heavy atom. The number of thiazole rings is 1. The van der Waals surface area contributed by atoms with Crippen molar-refractivity contribution in [3.63, 3.8) is 0 Å². The van der Waals surface area contributed by atoms with E-state index in [1.165, 1.54) is 22.1 Å². The molecule has 4 heteroatoms. The third-order valence-electron chi connectivity index (χ3n) is 2.62. The second-order valence-corrected chi connectivity index (χ2v) is 4.67. The maximum absolute atomic E-state index is 4.21. The zero-order valence-corrected chi connectivity index (χ0v) is 10.4. The van der Waals surface area contributed by atoms with Gasteiger partial charge in [0.2, 0.25) is 5.13 Å². The Kier molecular flexibility index (Phi) is 3.02. The van der Waals surface area contributed by atoms with Gasteiger partial charge in [0.25, 0.3) is 0 Å². The summed E-state index contributed by atoms with van der Waals surface area (Å²) >= 11 is 1.53. The molecule has 0 saturated carbocycles. The molecule has 0 bridgehead atoms. The maximum atomic E-state index is 4.21. The van der Waals surface area contributed by atoms with Gasteiger partial charge in [-0.2, -0.15) is 5.10 Å². The van der Waals surface area contributed by atoms with Crippen molar-refractivity contribution in [3.8, 4) is 0 Å². The van der Waals surface area contributed by atoms with Crippen LogP contribution in [0, 0.1) is 0 Å². The van der Waals surface area contributed by atoms with E-state index in [0.29, 0.717) is 0 Å². The van der Waals surface area contributed by atoms with Crippen molar-refractivity contribution >= 4 is 33.5 Å². The summed E-state index contributed by atoms with van der Waals surface area (Å²) in [5.41, 5.74) is 4.01. The fraction of sp³-hybridized carbons (Fsp3) is 0. The van der Waals surface area contributed by atoms with Gasteiger partial charge in [0.05, 0.1) is 6.21 Å². The van der Waals surface area contributed by atoms with E-state index in [4.69, 9.17) is 0 Å². The number of anilines is 1. The van der Waals surface area contributed by atoms with Gasteiger partial charge in [-0.05, 0) is 10.8 Å².